The Kier molecular flexibility index (Phi) is 3.98. The molecule has 0 bridgehead atoms. The third-order valence-electron chi connectivity index (χ3n) is 2.36. The Bertz CT molecular complexity index is 375. The molecule has 1 amide bonds. The normalized spacial score (nSPS) is 11.2. The molecular weight excluding hydrogens is 208 g/mol. The summed E-state index contributed by atoms with van der Waals surface area (Å²) >= 11 is 0. The van der Waals surface area contributed by atoms with Gasteiger partial charge in [-0.15, -0.1) is 0 Å². The van der Waals surface area contributed by atoms with Crippen molar-refractivity contribution < 1.29 is 15.0 Å². The van der Waals surface area contributed by atoms with E-state index in [9.17, 15) is 4.79 Å². The quantitative estimate of drug-likeness (QED) is 0.665. The second-order valence-corrected chi connectivity index (χ2v) is 3.97. The molecular formula is C11H16N2O3. The van der Waals surface area contributed by atoms with E-state index in [1.165, 1.54) is 0 Å². The van der Waals surface area contributed by atoms with Gasteiger partial charge in [0.05, 0.1) is 24.3 Å². The molecule has 1 aromatic rings. The van der Waals surface area contributed by atoms with Crippen molar-refractivity contribution >= 4 is 5.91 Å². The zero-order chi connectivity index (χ0) is 12.2. The lowest BCUT2D eigenvalue weighted by atomic mass is 10.0. The SMILES string of the molecule is Cc1ncccc1C(=O)NC(C)(CO)CO. The minimum atomic E-state index is -1.01. The number of amides is 1. The van der Waals surface area contributed by atoms with Crippen molar-refractivity contribution in [2.75, 3.05) is 13.2 Å². The molecule has 0 spiro atoms. The van der Waals surface area contributed by atoms with Crippen molar-refractivity contribution in [2.45, 2.75) is 19.4 Å². The van der Waals surface area contributed by atoms with Crippen LogP contribution in [-0.2, 0) is 0 Å². The van der Waals surface area contributed by atoms with E-state index in [-0.39, 0.29) is 19.1 Å². The Morgan fingerprint density at radius 3 is 2.62 bits per heavy atom. The monoisotopic (exact) mass is 224 g/mol. The molecule has 1 heterocycles. The molecule has 0 aliphatic heterocycles. The molecule has 0 unspecified atom stereocenters. The van der Waals surface area contributed by atoms with Crippen molar-refractivity contribution in [3.8, 4) is 0 Å². The fraction of sp³-hybridized carbons (Fsp3) is 0.455. The number of nitrogens with one attached hydrogen (secondary N) is 1. The minimum absolute atomic E-state index is 0.325. The predicted octanol–water partition coefficient (Wildman–Crippen LogP) is -0.137. The number of carbonyl (C=O) groups is 1. The van der Waals surface area contributed by atoms with Crippen LogP contribution in [0.15, 0.2) is 18.3 Å². The van der Waals surface area contributed by atoms with Gasteiger partial charge in [-0.2, -0.15) is 0 Å². The molecule has 1 aromatic heterocycles. The average Bonchev–Trinajstić information content (AvgIpc) is 2.29. The number of pyridine rings is 1. The van der Waals surface area contributed by atoms with Crippen molar-refractivity contribution in [1.82, 2.24) is 10.3 Å². The number of rotatable bonds is 4. The van der Waals surface area contributed by atoms with E-state index in [0.29, 0.717) is 11.3 Å². The standard InChI is InChI=1S/C11H16N2O3/c1-8-9(4-3-5-12-8)10(16)13-11(2,6-14)7-15/h3-5,14-15H,6-7H2,1-2H3,(H,13,16). The van der Waals surface area contributed by atoms with Gasteiger partial charge in [0.25, 0.3) is 5.91 Å². The molecule has 0 aliphatic rings. The highest BCUT2D eigenvalue weighted by Crippen LogP contribution is 2.07. The van der Waals surface area contributed by atoms with Gasteiger partial charge in [0, 0.05) is 11.9 Å². The molecule has 0 radical (unpaired) electrons. The lowest BCUT2D eigenvalue weighted by Crippen LogP contribution is -2.51. The number of hydrogen-bond donors (Lipinski definition) is 3. The number of aromatic nitrogens is 1. The fourth-order valence-corrected chi connectivity index (χ4v) is 1.19. The zero-order valence-corrected chi connectivity index (χ0v) is 9.40. The molecule has 5 heteroatoms. The summed E-state index contributed by atoms with van der Waals surface area (Å²) in [4.78, 5) is 15.8. The highest BCUT2D eigenvalue weighted by Gasteiger charge is 2.25. The lowest BCUT2D eigenvalue weighted by molar-refractivity contribution is 0.0723. The van der Waals surface area contributed by atoms with E-state index in [4.69, 9.17) is 10.2 Å². The minimum Gasteiger partial charge on any atom is -0.394 e. The van der Waals surface area contributed by atoms with E-state index >= 15 is 0 Å². The first kappa shape index (κ1) is 12.6. The van der Waals surface area contributed by atoms with Gasteiger partial charge < -0.3 is 15.5 Å². The van der Waals surface area contributed by atoms with Gasteiger partial charge in [0.15, 0.2) is 0 Å². The van der Waals surface area contributed by atoms with Crippen LogP contribution in [0.25, 0.3) is 0 Å². The molecule has 0 saturated carbocycles. The molecule has 5 nitrogen and oxygen atoms in total. The third kappa shape index (κ3) is 2.77. The molecule has 16 heavy (non-hydrogen) atoms. The first-order valence-corrected chi connectivity index (χ1v) is 4.98. The molecule has 3 N–H and O–H groups in total. The van der Waals surface area contributed by atoms with E-state index < -0.39 is 5.54 Å². The van der Waals surface area contributed by atoms with E-state index in [2.05, 4.69) is 10.3 Å². The lowest BCUT2D eigenvalue weighted by Gasteiger charge is -2.26. The highest BCUT2D eigenvalue weighted by atomic mass is 16.3. The van der Waals surface area contributed by atoms with Gasteiger partial charge in [-0.3, -0.25) is 9.78 Å². The number of aliphatic hydroxyl groups excluding tert-OH is 2. The molecule has 88 valence electrons. The summed E-state index contributed by atoms with van der Waals surface area (Å²) in [7, 11) is 0. The molecule has 0 atom stereocenters. The van der Waals surface area contributed by atoms with Crippen molar-refractivity contribution in [3.05, 3.63) is 29.6 Å². The maximum absolute atomic E-state index is 11.8. The van der Waals surface area contributed by atoms with Crippen molar-refractivity contribution in [3.63, 3.8) is 0 Å². The van der Waals surface area contributed by atoms with E-state index in [1.807, 2.05) is 0 Å². The first-order valence-electron chi connectivity index (χ1n) is 4.98. The Balaban J connectivity index is 2.84. The van der Waals surface area contributed by atoms with Crippen molar-refractivity contribution in [2.24, 2.45) is 0 Å². The summed E-state index contributed by atoms with van der Waals surface area (Å²) in [6.45, 7) is 2.64. The third-order valence-corrected chi connectivity index (χ3v) is 2.36. The van der Waals surface area contributed by atoms with Crippen LogP contribution in [0.3, 0.4) is 0 Å². The second kappa shape index (κ2) is 5.05. The number of aliphatic hydroxyl groups is 2. The van der Waals surface area contributed by atoms with Crippen LogP contribution in [0.4, 0.5) is 0 Å². The average molecular weight is 224 g/mol. The predicted molar refractivity (Wildman–Crippen MR) is 59.0 cm³/mol. The van der Waals surface area contributed by atoms with Crippen LogP contribution >= 0.6 is 0 Å². The smallest absolute Gasteiger partial charge is 0.253 e. The van der Waals surface area contributed by atoms with E-state index in [1.54, 1.807) is 32.2 Å². The first-order chi connectivity index (χ1) is 7.52. The largest absolute Gasteiger partial charge is 0.394 e. The summed E-state index contributed by atoms with van der Waals surface area (Å²) in [5.74, 6) is -0.351. The van der Waals surface area contributed by atoms with Gasteiger partial charge in [-0.25, -0.2) is 0 Å². The van der Waals surface area contributed by atoms with Crippen LogP contribution in [0.1, 0.15) is 23.0 Å². The van der Waals surface area contributed by atoms with Crippen LogP contribution in [0.2, 0.25) is 0 Å². The van der Waals surface area contributed by atoms with Crippen LogP contribution in [0, 0.1) is 6.92 Å². The van der Waals surface area contributed by atoms with Crippen LogP contribution < -0.4 is 5.32 Å². The van der Waals surface area contributed by atoms with Crippen LogP contribution in [-0.4, -0.2) is 39.9 Å². The summed E-state index contributed by atoms with van der Waals surface area (Å²) in [5, 5.41) is 20.7. The number of carbonyl (C=O) groups excluding carboxylic acids is 1. The molecule has 0 aliphatic carbocycles. The van der Waals surface area contributed by atoms with Gasteiger partial charge in [0.1, 0.15) is 0 Å². The Labute approximate surface area is 94.1 Å². The summed E-state index contributed by atoms with van der Waals surface area (Å²) < 4.78 is 0. The number of hydrogen-bond acceptors (Lipinski definition) is 4. The summed E-state index contributed by atoms with van der Waals surface area (Å²) in [5.41, 5.74) is 0.0353. The highest BCUT2D eigenvalue weighted by molar-refractivity contribution is 5.95. The Morgan fingerprint density at radius 2 is 2.12 bits per heavy atom. The summed E-state index contributed by atoms with van der Waals surface area (Å²) in [6.07, 6.45) is 1.60. The maximum atomic E-state index is 11.8. The topological polar surface area (TPSA) is 82.5 Å². The van der Waals surface area contributed by atoms with Gasteiger partial charge in [-0.1, -0.05) is 0 Å². The van der Waals surface area contributed by atoms with Gasteiger partial charge >= 0.3 is 0 Å². The van der Waals surface area contributed by atoms with Gasteiger partial charge in [0.2, 0.25) is 0 Å². The van der Waals surface area contributed by atoms with Gasteiger partial charge in [-0.05, 0) is 26.0 Å². The second-order valence-electron chi connectivity index (χ2n) is 3.97. The van der Waals surface area contributed by atoms with Crippen LogP contribution in [0.5, 0.6) is 0 Å². The Hall–Kier alpha value is -1.46. The van der Waals surface area contributed by atoms with E-state index in [0.717, 1.165) is 0 Å². The summed E-state index contributed by atoms with van der Waals surface area (Å²) in [6, 6.07) is 3.31. The molecule has 0 fully saturated rings. The maximum Gasteiger partial charge on any atom is 0.253 e. The zero-order valence-electron chi connectivity index (χ0n) is 9.40. The molecule has 0 saturated heterocycles. The molecule has 0 aromatic carbocycles. The Morgan fingerprint density at radius 1 is 1.50 bits per heavy atom. The molecule has 1 rings (SSSR count). The van der Waals surface area contributed by atoms with Crippen molar-refractivity contribution in [1.29, 1.82) is 0 Å². The number of nitrogens with zero attached hydrogens (tertiary/aromatic N) is 1. The number of aryl methyl sites for hydroxylation is 1. The fourth-order valence-electron chi connectivity index (χ4n) is 1.19.